The van der Waals surface area contributed by atoms with Crippen LogP contribution in [0, 0.1) is 0 Å². The molecule has 3 nitrogen and oxygen atoms in total. The van der Waals surface area contributed by atoms with Gasteiger partial charge in [0.25, 0.3) is 0 Å². The van der Waals surface area contributed by atoms with Crippen LogP contribution in [0.25, 0.3) is 0 Å². The Bertz CT molecular complexity index is 167. The van der Waals surface area contributed by atoms with E-state index in [1.54, 1.807) is 18.7 Å². The van der Waals surface area contributed by atoms with E-state index in [1.807, 2.05) is 0 Å². The van der Waals surface area contributed by atoms with E-state index in [2.05, 4.69) is 5.32 Å². The highest BCUT2D eigenvalue weighted by atomic mass is 35.5. The van der Waals surface area contributed by atoms with Crippen LogP contribution in [-0.4, -0.2) is 35.6 Å². The second-order valence-corrected chi connectivity index (χ2v) is 4.16. The zero-order chi connectivity index (χ0) is 8.97. The van der Waals surface area contributed by atoms with Gasteiger partial charge in [-0.1, -0.05) is 0 Å². The fourth-order valence-electron chi connectivity index (χ4n) is 0.984. The molecular weight excluding hydrogens is 198 g/mol. The first kappa shape index (κ1) is 9.99. The van der Waals surface area contributed by atoms with Gasteiger partial charge in [-0.05, 0) is 6.92 Å². The Balaban J connectivity index is 2.25. The van der Waals surface area contributed by atoms with Gasteiger partial charge in [-0.25, -0.2) is 4.79 Å². The van der Waals surface area contributed by atoms with Crippen LogP contribution in [0.4, 0.5) is 4.79 Å². The summed E-state index contributed by atoms with van der Waals surface area (Å²) in [5.74, 6) is 1.78. The van der Waals surface area contributed by atoms with E-state index in [9.17, 15) is 4.79 Å². The Hall–Kier alpha value is -0.0900. The molecule has 5 heteroatoms. The van der Waals surface area contributed by atoms with Gasteiger partial charge in [0.15, 0.2) is 0 Å². The van der Waals surface area contributed by atoms with Crippen LogP contribution < -0.4 is 5.32 Å². The van der Waals surface area contributed by atoms with Crippen LogP contribution in [0.15, 0.2) is 0 Å². The van der Waals surface area contributed by atoms with Gasteiger partial charge in [0.1, 0.15) is 0 Å². The van der Waals surface area contributed by atoms with E-state index in [1.165, 1.54) is 0 Å². The summed E-state index contributed by atoms with van der Waals surface area (Å²) in [5, 5.41) is 2.76. The summed E-state index contributed by atoms with van der Waals surface area (Å²) >= 11 is 7.68. The van der Waals surface area contributed by atoms with E-state index >= 15 is 0 Å². The van der Waals surface area contributed by atoms with Gasteiger partial charge >= 0.3 is 6.09 Å². The summed E-state index contributed by atoms with van der Waals surface area (Å²) in [6, 6.07) is 0.0655. The first-order valence-corrected chi connectivity index (χ1v) is 5.48. The van der Waals surface area contributed by atoms with Crippen molar-refractivity contribution in [2.24, 2.45) is 0 Å². The van der Waals surface area contributed by atoms with E-state index in [-0.39, 0.29) is 17.5 Å². The molecule has 0 aliphatic carbocycles. The maximum absolute atomic E-state index is 10.9. The predicted octanol–water partition coefficient (Wildman–Crippen LogP) is 1.46. The lowest BCUT2D eigenvalue weighted by molar-refractivity contribution is 0.149. The highest BCUT2D eigenvalue weighted by Crippen LogP contribution is 2.22. The fraction of sp³-hybridized carbons (Fsp3) is 0.857. The maximum Gasteiger partial charge on any atom is 0.407 e. The average Bonchev–Trinajstić information content (AvgIpc) is 2.37. The summed E-state index contributed by atoms with van der Waals surface area (Å²) in [6.07, 6.45) is -0.365. The van der Waals surface area contributed by atoms with Crippen LogP contribution in [-0.2, 0) is 4.74 Å². The normalized spacial score (nSPS) is 28.5. The maximum atomic E-state index is 10.9. The average molecular weight is 210 g/mol. The van der Waals surface area contributed by atoms with Gasteiger partial charge < -0.3 is 10.1 Å². The largest absolute Gasteiger partial charge is 0.450 e. The smallest absolute Gasteiger partial charge is 0.407 e. The number of nitrogens with one attached hydrogen (secondary N) is 1. The Morgan fingerprint density at radius 2 is 2.50 bits per heavy atom. The van der Waals surface area contributed by atoms with Crippen LogP contribution >= 0.6 is 23.4 Å². The number of halogens is 1. The molecule has 0 spiro atoms. The molecule has 1 amide bonds. The van der Waals surface area contributed by atoms with Crippen molar-refractivity contribution in [3.63, 3.8) is 0 Å². The molecule has 0 aromatic carbocycles. The Kier molecular flexibility index (Phi) is 4.01. The molecule has 0 bridgehead atoms. The first-order valence-electron chi connectivity index (χ1n) is 3.89. The highest BCUT2D eigenvalue weighted by Gasteiger charge is 2.27. The topological polar surface area (TPSA) is 38.3 Å². The molecule has 1 rings (SSSR count). The van der Waals surface area contributed by atoms with Gasteiger partial charge in [0.05, 0.1) is 18.0 Å². The van der Waals surface area contributed by atoms with Crippen molar-refractivity contribution in [2.75, 3.05) is 18.1 Å². The third-order valence-corrected chi connectivity index (χ3v) is 3.42. The van der Waals surface area contributed by atoms with Crippen LogP contribution in [0.3, 0.4) is 0 Å². The predicted molar refractivity (Wildman–Crippen MR) is 50.9 cm³/mol. The number of alkyl carbamates (subject to hydrolysis) is 1. The Labute approximate surface area is 81.2 Å². The Morgan fingerprint density at radius 3 is 3.00 bits per heavy atom. The van der Waals surface area contributed by atoms with Gasteiger partial charge in [-0.2, -0.15) is 11.8 Å². The minimum atomic E-state index is -0.365. The van der Waals surface area contributed by atoms with Gasteiger partial charge in [0, 0.05) is 11.5 Å². The lowest BCUT2D eigenvalue weighted by Gasteiger charge is -2.13. The second kappa shape index (κ2) is 4.82. The number of carbonyl (C=O) groups is 1. The molecule has 1 aliphatic rings. The molecule has 0 radical (unpaired) electrons. The van der Waals surface area contributed by atoms with Gasteiger partial charge in [-0.15, -0.1) is 11.6 Å². The van der Waals surface area contributed by atoms with Crippen molar-refractivity contribution in [1.29, 1.82) is 0 Å². The van der Waals surface area contributed by atoms with Crippen molar-refractivity contribution < 1.29 is 9.53 Å². The molecule has 1 aliphatic heterocycles. The lowest BCUT2D eigenvalue weighted by atomic mass is 10.3. The quantitative estimate of drug-likeness (QED) is 0.700. The van der Waals surface area contributed by atoms with E-state index < -0.39 is 0 Å². The minimum Gasteiger partial charge on any atom is -0.450 e. The zero-order valence-electron chi connectivity index (χ0n) is 6.88. The SMILES string of the molecule is CCOC(=O)NC1CSCC1Cl. The number of carbonyl (C=O) groups excluding carboxylic acids is 1. The third-order valence-electron chi connectivity index (χ3n) is 1.59. The molecule has 2 atom stereocenters. The molecule has 0 aromatic heterocycles. The summed E-state index contributed by atoms with van der Waals surface area (Å²) in [5.41, 5.74) is 0. The number of amides is 1. The third kappa shape index (κ3) is 2.75. The van der Waals surface area contributed by atoms with E-state index in [4.69, 9.17) is 16.3 Å². The number of ether oxygens (including phenoxy) is 1. The lowest BCUT2D eigenvalue weighted by Crippen LogP contribution is -2.40. The van der Waals surface area contributed by atoms with E-state index in [0.717, 1.165) is 11.5 Å². The summed E-state index contributed by atoms with van der Waals surface area (Å²) in [4.78, 5) is 10.9. The fourth-order valence-corrected chi connectivity index (χ4v) is 2.67. The number of thioether (sulfide) groups is 1. The van der Waals surface area contributed by atoms with Crippen molar-refractivity contribution >= 4 is 29.5 Å². The van der Waals surface area contributed by atoms with Crippen LogP contribution in [0.1, 0.15) is 6.92 Å². The highest BCUT2D eigenvalue weighted by molar-refractivity contribution is 7.99. The summed E-state index contributed by atoms with van der Waals surface area (Å²) in [6.45, 7) is 2.18. The van der Waals surface area contributed by atoms with Crippen LogP contribution in [0.5, 0.6) is 0 Å². The number of hydrogen-bond acceptors (Lipinski definition) is 3. The van der Waals surface area contributed by atoms with Crippen molar-refractivity contribution in [3.05, 3.63) is 0 Å². The second-order valence-electron chi connectivity index (χ2n) is 2.52. The molecule has 2 unspecified atom stereocenters. The minimum absolute atomic E-state index is 0.0411. The first-order chi connectivity index (χ1) is 5.74. The molecule has 0 aromatic rings. The van der Waals surface area contributed by atoms with Crippen LogP contribution in [0.2, 0.25) is 0 Å². The molecule has 1 saturated heterocycles. The van der Waals surface area contributed by atoms with Gasteiger partial charge in [0.2, 0.25) is 0 Å². The van der Waals surface area contributed by atoms with Crippen molar-refractivity contribution in [3.8, 4) is 0 Å². The molecule has 1 heterocycles. The Morgan fingerprint density at radius 1 is 1.75 bits per heavy atom. The van der Waals surface area contributed by atoms with Gasteiger partial charge in [-0.3, -0.25) is 0 Å². The molecule has 1 fully saturated rings. The zero-order valence-corrected chi connectivity index (χ0v) is 8.45. The van der Waals surface area contributed by atoms with E-state index in [0.29, 0.717) is 6.61 Å². The standard InChI is InChI=1S/C7H12ClNO2S/c1-2-11-7(10)9-6-4-12-3-5(6)8/h5-6H,2-4H2,1H3,(H,9,10). The van der Waals surface area contributed by atoms with Crippen molar-refractivity contribution in [2.45, 2.75) is 18.3 Å². The van der Waals surface area contributed by atoms with Crippen molar-refractivity contribution in [1.82, 2.24) is 5.32 Å². The number of hydrogen-bond donors (Lipinski definition) is 1. The molecule has 1 N–H and O–H groups in total. The molecule has 70 valence electrons. The number of alkyl halides is 1. The molecule has 0 saturated carbocycles. The summed E-state index contributed by atoms with van der Waals surface area (Å²) < 4.78 is 4.73. The number of rotatable bonds is 2. The molecule has 12 heavy (non-hydrogen) atoms. The molecular formula is C7H12ClNO2S. The summed E-state index contributed by atoms with van der Waals surface area (Å²) in [7, 11) is 0. The monoisotopic (exact) mass is 209 g/mol.